The predicted octanol–water partition coefficient (Wildman–Crippen LogP) is 0.488. The van der Waals surface area contributed by atoms with Gasteiger partial charge in [0.2, 0.25) is 0 Å². The number of rotatable bonds is 5. The molecule has 0 aliphatic carbocycles. The normalized spacial score (nSPS) is 10.2. The van der Waals surface area contributed by atoms with Gasteiger partial charge in [-0.3, -0.25) is 4.98 Å². The zero-order valence-corrected chi connectivity index (χ0v) is 10.8. The monoisotopic (exact) mass is 277 g/mol. The molecular formula is C13H13BFNO4. The number of hydrogen-bond acceptors (Lipinski definition) is 5. The fraction of sp³-hybridized carbons (Fsp3) is 0.154. The number of nitrogens with zero attached hydrogens (tertiary/aromatic N) is 1. The lowest BCUT2D eigenvalue weighted by molar-refractivity contribution is 0.294. The molecule has 0 unspecified atom stereocenters. The van der Waals surface area contributed by atoms with Crippen LogP contribution in [0.25, 0.3) is 0 Å². The molecular weight excluding hydrogens is 264 g/mol. The molecule has 0 aliphatic rings. The average Bonchev–Trinajstić information content (AvgIpc) is 2.46. The number of methoxy groups -OCH3 is 1. The van der Waals surface area contributed by atoms with Crippen molar-refractivity contribution in [2.24, 2.45) is 0 Å². The summed E-state index contributed by atoms with van der Waals surface area (Å²) in [6.07, 6.45) is 2.72. The maximum absolute atomic E-state index is 13.9. The fourth-order valence-corrected chi connectivity index (χ4v) is 1.64. The van der Waals surface area contributed by atoms with Gasteiger partial charge in [-0.1, -0.05) is 12.1 Å². The third-order valence-corrected chi connectivity index (χ3v) is 2.69. The van der Waals surface area contributed by atoms with Crippen LogP contribution in [0.3, 0.4) is 0 Å². The average molecular weight is 277 g/mol. The molecule has 0 atom stereocenters. The summed E-state index contributed by atoms with van der Waals surface area (Å²) in [5.41, 5.74) is 0.535. The number of hydrogen-bond donors (Lipinski definition) is 2. The highest BCUT2D eigenvalue weighted by Crippen LogP contribution is 2.21. The Balaban J connectivity index is 2.11. The van der Waals surface area contributed by atoms with Crippen molar-refractivity contribution in [2.45, 2.75) is 6.61 Å². The minimum atomic E-state index is -1.63. The van der Waals surface area contributed by atoms with E-state index in [1.54, 1.807) is 12.1 Å². The summed E-state index contributed by atoms with van der Waals surface area (Å²) in [4.78, 5) is 3.81. The maximum Gasteiger partial charge on any atom is 0.490 e. The molecule has 0 spiro atoms. The van der Waals surface area contributed by atoms with Crippen LogP contribution in [0.4, 0.5) is 4.39 Å². The second-order valence-electron chi connectivity index (χ2n) is 4.05. The Morgan fingerprint density at radius 1 is 1.30 bits per heavy atom. The van der Waals surface area contributed by atoms with Crippen LogP contribution >= 0.6 is 0 Å². The number of benzene rings is 1. The summed E-state index contributed by atoms with van der Waals surface area (Å²) < 4.78 is 24.1. The van der Waals surface area contributed by atoms with Crippen LogP contribution < -0.4 is 14.9 Å². The molecule has 104 valence electrons. The molecule has 0 aliphatic heterocycles. The lowest BCUT2D eigenvalue weighted by Gasteiger charge is -2.10. The number of halogens is 1. The largest absolute Gasteiger partial charge is 0.494 e. The quantitative estimate of drug-likeness (QED) is 0.778. The molecule has 7 heteroatoms. The van der Waals surface area contributed by atoms with E-state index < -0.39 is 12.9 Å². The van der Waals surface area contributed by atoms with Crippen molar-refractivity contribution < 1.29 is 23.9 Å². The van der Waals surface area contributed by atoms with Crippen molar-refractivity contribution in [3.63, 3.8) is 0 Å². The molecule has 2 N–H and O–H groups in total. The first kappa shape index (κ1) is 14.3. The zero-order valence-electron chi connectivity index (χ0n) is 10.8. The van der Waals surface area contributed by atoms with E-state index in [4.69, 9.17) is 19.5 Å². The van der Waals surface area contributed by atoms with Gasteiger partial charge in [-0.05, 0) is 12.1 Å². The second-order valence-corrected chi connectivity index (χ2v) is 4.05. The summed E-state index contributed by atoms with van der Waals surface area (Å²) in [6, 6.07) is 6.18. The molecule has 0 radical (unpaired) electrons. The first-order chi connectivity index (χ1) is 9.61. The van der Waals surface area contributed by atoms with E-state index in [0.29, 0.717) is 11.3 Å². The predicted molar refractivity (Wildman–Crippen MR) is 71.3 cm³/mol. The van der Waals surface area contributed by atoms with Crippen LogP contribution in [-0.4, -0.2) is 29.3 Å². The highest BCUT2D eigenvalue weighted by atomic mass is 19.1. The van der Waals surface area contributed by atoms with E-state index in [9.17, 15) is 4.39 Å². The van der Waals surface area contributed by atoms with Crippen molar-refractivity contribution in [1.82, 2.24) is 4.98 Å². The third-order valence-electron chi connectivity index (χ3n) is 2.69. The molecule has 0 saturated carbocycles. The van der Waals surface area contributed by atoms with Gasteiger partial charge in [0.1, 0.15) is 12.4 Å². The SMILES string of the molecule is COc1cccc(COc2cncc(B(O)O)c2)c1F. The van der Waals surface area contributed by atoms with E-state index >= 15 is 0 Å². The Hall–Kier alpha value is -2.12. The van der Waals surface area contributed by atoms with Crippen LogP contribution in [-0.2, 0) is 6.61 Å². The number of pyridine rings is 1. The lowest BCUT2D eigenvalue weighted by Crippen LogP contribution is -2.30. The lowest BCUT2D eigenvalue weighted by atomic mass is 9.82. The van der Waals surface area contributed by atoms with Gasteiger partial charge in [-0.15, -0.1) is 0 Å². The van der Waals surface area contributed by atoms with E-state index in [1.165, 1.54) is 31.6 Å². The van der Waals surface area contributed by atoms with Gasteiger partial charge in [0, 0.05) is 17.2 Å². The molecule has 2 aromatic rings. The van der Waals surface area contributed by atoms with Crippen molar-refractivity contribution >= 4 is 12.6 Å². The molecule has 1 aromatic carbocycles. The molecule has 0 amide bonds. The van der Waals surface area contributed by atoms with Crippen LogP contribution in [0.1, 0.15) is 5.56 Å². The van der Waals surface area contributed by atoms with Gasteiger partial charge in [-0.2, -0.15) is 0 Å². The Labute approximate surface area is 115 Å². The smallest absolute Gasteiger partial charge is 0.490 e. The Kier molecular flexibility index (Phi) is 4.55. The topological polar surface area (TPSA) is 71.8 Å². The summed E-state index contributed by atoms with van der Waals surface area (Å²) in [5, 5.41) is 18.1. The number of aromatic nitrogens is 1. The van der Waals surface area contributed by atoms with Gasteiger partial charge >= 0.3 is 7.12 Å². The van der Waals surface area contributed by atoms with Crippen molar-refractivity contribution in [3.8, 4) is 11.5 Å². The van der Waals surface area contributed by atoms with Crippen LogP contribution in [0.2, 0.25) is 0 Å². The van der Waals surface area contributed by atoms with E-state index in [-0.39, 0.29) is 17.8 Å². The molecule has 0 fully saturated rings. The zero-order chi connectivity index (χ0) is 14.5. The summed E-state index contributed by atoms with van der Waals surface area (Å²) in [5.74, 6) is -0.0251. The Morgan fingerprint density at radius 2 is 2.10 bits per heavy atom. The summed E-state index contributed by atoms with van der Waals surface area (Å²) >= 11 is 0. The maximum atomic E-state index is 13.9. The Morgan fingerprint density at radius 3 is 2.80 bits per heavy atom. The first-order valence-electron chi connectivity index (χ1n) is 5.87. The van der Waals surface area contributed by atoms with Crippen LogP contribution in [0, 0.1) is 5.82 Å². The van der Waals surface area contributed by atoms with E-state index in [0.717, 1.165) is 0 Å². The number of ether oxygens (including phenoxy) is 2. The molecule has 2 rings (SSSR count). The minimum absolute atomic E-state index is 0.0182. The van der Waals surface area contributed by atoms with Gasteiger partial charge in [0.15, 0.2) is 11.6 Å². The highest BCUT2D eigenvalue weighted by molar-refractivity contribution is 6.58. The molecule has 1 heterocycles. The highest BCUT2D eigenvalue weighted by Gasteiger charge is 2.13. The van der Waals surface area contributed by atoms with Gasteiger partial charge in [0.25, 0.3) is 0 Å². The molecule has 0 bridgehead atoms. The van der Waals surface area contributed by atoms with E-state index in [1.807, 2.05) is 0 Å². The van der Waals surface area contributed by atoms with Gasteiger partial charge in [0.05, 0.1) is 13.3 Å². The third kappa shape index (κ3) is 3.25. The molecule has 0 saturated heterocycles. The minimum Gasteiger partial charge on any atom is -0.494 e. The molecule has 5 nitrogen and oxygen atoms in total. The first-order valence-corrected chi connectivity index (χ1v) is 5.87. The van der Waals surface area contributed by atoms with Gasteiger partial charge in [-0.25, -0.2) is 4.39 Å². The fourth-order valence-electron chi connectivity index (χ4n) is 1.64. The summed E-state index contributed by atoms with van der Waals surface area (Å²) in [6.45, 7) is -0.0182. The van der Waals surface area contributed by atoms with Crippen molar-refractivity contribution in [1.29, 1.82) is 0 Å². The molecule has 1 aromatic heterocycles. The van der Waals surface area contributed by atoms with Gasteiger partial charge < -0.3 is 19.5 Å². The van der Waals surface area contributed by atoms with E-state index in [2.05, 4.69) is 4.98 Å². The Bertz CT molecular complexity index is 594. The molecule has 20 heavy (non-hydrogen) atoms. The van der Waals surface area contributed by atoms with Crippen LogP contribution in [0.15, 0.2) is 36.7 Å². The van der Waals surface area contributed by atoms with Crippen molar-refractivity contribution in [2.75, 3.05) is 7.11 Å². The second kappa shape index (κ2) is 6.36. The summed E-state index contributed by atoms with van der Waals surface area (Å²) in [7, 11) is -0.237. The van der Waals surface area contributed by atoms with Crippen molar-refractivity contribution in [3.05, 3.63) is 48.0 Å². The van der Waals surface area contributed by atoms with Crippen LogP contribution in [0.5, 0.6) is 11.5 Å². The standard InChI is InChI=1S/C13H13BFNO4/c1-19-12-4-2-3-9(13(12)15)8-20-11-5-10(14(17)18)6-16-7-11/h2-7,17-18H,8H2,1H3.